The Morgan fingerprint density at radius 1 is 1.04 bits per heavy atom. The third-order valence-electron chi connectivity index (χ3n) is 4.45. The zero-order valence-electron chi connectivity index (χ0n) is 15.3. The van der Waals surface area contributed by atoms with E-state index < -0.39 is 15.6 Å². The number of fused-ring (bicyclic) bond motifs is 1. The normalized spacial score (nSPS) is 13.1. The largest absolute Gasteiger partial charge is 0.423 e. The van der Waals surface area contributed by atoms with Gasteiger partial charge in [0.2, 0.25) is 10.0 Å². The predicted molar refractivity (Wildman–Crippen MR) is 105 cm³/mol. The van der Waals surface area contributed by atoms with Crippen LogP contribution in [0.2, 0.25) is 0 Å². The van der Waals surface area contributed by atoms with E-state index in [9.17, 15) is 13.2 Å². The van der Waals surface area contributed by atoms with Crippen molar-refractivity contribution in [2.75, 3.05) is 20.6 Å². The minimum Gasteiger partial charge on any atom is -0.423 e. The highest BCUT2D eigenvalue weighted by Crippen LogP contribution is 2.18. The molecule has 27 heavy (non-hydrogen) atoms. The molecule has 0 aliphatic rings. The Bertz CT molecular complexity index is 1080. The molecular formula is C20H22N2O4S. The molecule has 1 unspecified atom stereocenters. The number of rotatable bonds is 7. The van der Waals surface area contributed by atoms with E-state index in [2.05, 4.69) is 4.72 Å². The molecule has 0 radical (unpaired) electrons. The van der Waals surface area contributed by atoms with Gasteiger partial charge in [-0.15, -0.1) is 0 Å². The zero-order valence-corrected chi connectivity index (χ0v) is 16.1. The molecule has 1 aromatic heterocycles. The second kappa shape index (κ2) is 8.04. The van der Waals surface area contributed by atoms with E-state index in [-0.39, 0.29) is 17.5 Å². The lowest BCUT2D eigenvalue weighted by molar-refractivity contribution is 0.291. The predicted octanol–water partition coefficient (Wildman–Crippen LogP) is 2.24. The van der Waals surface area contributed by atoms with Gasteiger partial charge in [0.25, 0.3) is 0 Å². The smallest absolute Gasteiger partial charge is 0.336 e. The van der Waals surface area contributed by atoms with Gasteiger partial charge < -0.3 is 9.32 Å². The second-order valence-corrected chi connectivity index (χ2v) is 8.38. The Hall–Kier alpha value is -2.48. The molecule has 0 aliphatic carbocycles. The number of sulfonamides is 1. The molecule has 0 spiro atoms. The van der Waals surface area contributed by atoms with Crippen molar-refractivity contribution in [1.29, 1.82) is 0 Å². The van der Waals surface area contributed by atoms with Gasteiger partial charge in [0.15, 0.2) is 0 Å². The summed E-state index contributed by atoms with van der Waals surface area (Å²) in [5.41, 5.74) is 1.04. The van der Waals surface area contributed by atoms with Crippen LogP contribution < -0.4 is 10.3 Å². The van der Waals surface area contributed by atoms with E-state index in [1.165, 1.54) is 24.3 Å². The first-order valence-corrected chi connectivity index (χ1v) is 10.1. The molecule has 1 atom stereocenters. The SMILES string of the molecule is CN(C)C(CNS(=O)(=O)c1ccc2oc(=O)ccc2c1)Cc1ccccc1. The fourth-order valence-electron chi connectivity index (χ4n) is 2.83. The van der Waals surface area contributed by atoms with Crippen LogP contribution in [0.3, 0.4) is 0 Å². The number of likely N-dealkylation sites (N-methyl/N-ethyl adjacent to an activating group) is 1. The van der Waals surface area contributed by atoms with Crippen molar-refractivity contribution in [3.63, 3.8) is 0 Å². The number of hydrogen-bond donors (Lipinski definition) is 1. The molecule has 6 nitrogen and oxygen atoms in total. The average molecular weight is 386 g/mol. The third-order valence-corrected chi connectivity index (χ3v) is 5.88. The fraction of sp³-hybridized carbons (Fsp3) is 0.250. The average Bonchev–Trinajstić information content (AvgIpc) is 2.65. The van der Waals surface area contributed by atoms with Gasteiger partial charge in [-0.2, -0.15) is 0 Å². The molecule has 3 aromatic rings. The van der Waals surface area contributed by atoms with Gasteiger partial charge >= 0.3 is 5.63 Å². The highest BCUT2D eigenvalue weighted by Gasteiger charge is 2.19. The van der Waals surface area contributed by atoms with E-state index >= 15 is 0 Å². The minimum atomic E-state index is -3.68. The van der Waals surface area contributed by atoms with E-state index in [4.69, 9.17) is 4.42 Å². The van der Waals surface area contributed by atoms with Gasteiger partial charge in [0.1, 0.15) is 5.58 Å². The Morgan fingerprint density at radius 3 is 2.48 bits per heavy atom. The molecule has 0 fully saturated rings. The summed E-state index contributed by atoms with van der Waals surface area (Å²) < 4.78 is 33.1. The van der Waals surface area contributed by atoms with Gasteiger partial charge in [0, 0.05) is 24.0 Å². The van der Waals surface area contributed by atoms with Crippen LogP contribution in [0, 0.1) is 0 Å². The van der Waals surface area contributed by atoms with E-state index in [1.807, 2.05) is 49.3 Å². The van der Waals surface area contributed by atoms with Crippen LogP contribution in [0.15, 0.2) is 74.8 Å². The lowest BCUT2D eigenvalue weighted by Gasteiger charge is -2.24. The van der Waals surface area contributed by atoms with Crippen molar-refractivity contribution in [3.8, 4) is 0 Å². The summed E-state index contributed by atoms with van der Waals surface area (Å²) in [6.07, 6.45) is 0.735. The Kier molecular flexibility index (Phi) is 5.74. The standard InChI is InChI=1S/C20H22N2O4S/c1-22(2)17(12-15-6-4-3-5-7-15)14-21-27(24,25)18-9-10-19-16(13-18)8-11-20(23)26-19/h3-11,13,17,21H,12,14H2,1-2H3. The van der Waals surface area contributed by atoms with Crippen LogP contribution >= 0.6 is 0 Å². The molecular weight excluding hydrogens is 364 g/mol. The summed E-state index contributed by atoms with van der Waals surface area (Å²) in [5.74, 6) is 0. The van der Waals surface area contributed by atoms with Crippen LogP contribution in [-0.2, 0) is 16.4 Å². The van der Waals surface area contributed by atoms with Crippen molar-refractivity contribution in [1.82, 2.24) is 9.62 Å². The number of benzene rings is 2. The molecule has 0 amide bonds. The molecule has 0 saturated heterocycles. The summed E-state index contributed by atoms with van der Waals surface area (Å²) in [6, 6.07) is 17.2. The van der Waals surface area contributed by atoms with Crippen LogP contribution in [-0.4, -0.2) is 40.0 Å². The van der Waals surface area contributed by atoms with Crippen LogP contribution in [0.4, 0.5) is 0 Å². The lowest BCUT2D eigenvalue weighted by atomic mass is 10.1. The maximum atomic E-state index is 12.7. The summed E-state index contributed by atoms with van der Waals surface area (Å²) in [4.78, 5) is 13.4. The number of nitrogens with one attached hydrogen (secondary N) is 1. The van der Waals surface area contributed by atoms with Crippen molar-refractivity contribution in [3.05, 3.63) is 76.6 Å². The van der Waals surface area contributed by atoms with Gasteiger partial charge in [-0.25, -0.2) is 17.9 Å². The van der Waals surface area contributed by atoms with Crippen molar-refractivity contribution >= 4 is 21.0 Å². The van der Waals surface area contributed by atoms with E-state index in [0.717, 1.165) is 12.0 Å². The molecule has 3 rings (SSSR count). The molecule has 0 saturated carbocycles. The van der Waals surface area contributed by atoms with Gasteiger partial charge in [-0.1, -0.05) is 30.3 Å². The summed E-state index contributed by atoms with van der Waals surface area (Å²) in [6.45, 7) is 0.284. The topological polar surface area (TPSA) is 79.6 Å². The number of nitrogens with zero attached hydrogens (tertiary/aromatic N) is 1. The van der Waals surface area contributed by atoms with Crippen molar-refractivity contribution in [2.24, 2.45) is 0 Å². The van der Waals surface area contributed by atoms with Gasteiger partial charge in [-0.05, 0) is 50.3 Å². The van der Waals surface area contributed by atoms with Crippen LogP contribution in [0.25, 0.3) is 11.0 Å². The van der Waals surface area contributed by atoms with Crippen LogP contribution in [0.5, 0.6) is 0 Å². The maximum absolute atomic E-state index is 12.7. The quantitative estimate of drug-likeness (QED) is 0.630. The third kappa shape index (κ3) is 4.82. The highest BCUT2D eigenvalue weighted by molar-refractivity contribution is 7.89. The first-order valence-electron chi connectivity index (χ1n) is 8.59. The first-order chi connectivity index (χ1) is 12.8. The lowest BCUT2D eigenvalue weighted by Crippen LogP contribution is -2.41. The molecule has 142 valence electrons. The van der Waals surface area contributed by atoms with Gasteiger partial charge in [-0.3, -0.25) is 0 Å². The van der Waals surface area contributed by atoms with Crippen molar-refractivity contribution in [2.45, 2.75) is 17.4 Å². The Labute approximate surface area is 158 Å². The summed E-state index contributed by atoms with van der Waals surface area (Å²) >= 11 is 0. The van der Waals surface area contributed by atoms with Crippen LogP contribution in [0.1, 0.15) is 5.56 Å². The monoisotopic (exact) mass is 386 g/mol. The van der Waals surface area contributed by atoms with E-state index in [1.54, 1.807) is 6.07 Å². The molecule has 1 N–H and O–H groups in total. The molecule has 2 aromatic carbocycles. The number of hydrogen-bond acceptors (Lipinski definition) is 5. The molecule has 1 heterocycles. The second-order valence-electron chi connectivity index (χ2n) is 6.61. The van der Waals surface area contributed by atoms with Crippen molar-refractivity contribution < 1.29 is 12.8 Å². The first kappa shape index (κ1) is 19.3. The molecule has 7 heteroatoms. The zero-order chi connectivity index (χ0) is 19.4. The molecule has 0 bridgehead atoms. The fourth-order valence-corrected chi connectivity index (χ4v) is 3.94. The maximum Gasteiger partial charge on any atom is 0.336 e. The van der Waals surface area contributed by atoms with E-state index in [0.29, 0.717) is 11.0 Å². The summed E-state index contributed by atoms with van der Waals surface area (Å²) in [5, 5.41) is 0.561. The Morgan fingerprint density at radius 2 is 1.78 bits per heavy atom. The molecule has 0 aliphatic heterocycles. The Balaban J connectivity index is 1.76. The minimum absolute atomic E-state index is 0.0145. The highest BCUT2D eigenvalue weighted by atomic mass is 32.2. The van der Waals surface area contributed by atoms with Gasteiger partial charge in [0.05, 0.1) is 4.90 Å². The summed E-state index contributed by atoms with van der Waals surface area (Å²) in [7, 11) is 0.182.